The van der Waals surface area contributed by atoms with Crippen LogP contribution < -0.4 is 10.6 Å². The van der Waals surface area contributed by atoms with Crippen LogP contribution in [-0.4, -0.2) is 39.5 Å². The molecule has 0 atom stereocenters. The maximum atomic E-state index is 11.2. The molecule has 0 saturated heterocycles. The van der Waals surface area contributed by atoms with Crippen molar-refractivity contribution < 1.29 is 4.92 Å². The van der Waals surface area contributed by atoms with E-state index in [1.807, 2.05) is 11.8 Å². The molecule has 0 unspecified atom stereocenters. The first kappa shape index (κ1) is 14.8. The predicted molar refractivity (Wildman–Crippen MR) is 81.6 cm³/mol. The molecule has 110 valence electrons. The number of nitrogens with zero attached hydrogens (tertiary/aromatic N) is 3. The third-order valence-corrected chi connectivity index (χ3v) is 5.16. The fraction of sp³-hybridized carbons (Fsp3) is 0.667. The Morgan fingerprint density at radius 1 is 1.45 bits per heavy atom. The van der Waals surface area contributed by atoms with Gasteiger partial charge < -0.3 is 10.6 Å². The molecular formula is C12H19N5O2S. The molecule has 1 aliphatic carbocycles. The number of hydrogen-bond acceptors (Lipinski definition) is 7. The molecule has 1 saturated carbocycles. The van der Waals surface area contributed by atoms with Crippen LogP contribution in [0.15, 0.2) is 0 Å². The zero-order valence-corrected chi connectivity index (χ0v) is 12.7. The Bertz CT molecular complexity index is 513. The van der Waals surface area contributed by atoms with Crippen LogP contribution >= 0.6 is 11.8 Å². The van der Waals surface area contributed by atoms with Gasteiger partial charge >= 0.3 is 5.69 Å². The minimum absolute atomic E-state index is 0.0421. The van der Waals surface area contributed by atoms with Crippen molar-refractivity contribution in [3.8, 4) is 0 Å². The molecule has 2 N–H and O–H groups in total. The highest BCUT2D eigenvalue weighted by atomic mass is 32.2. The van der Waals surface area contributed by atoms with Gasteiger partial charge in [-0.2, -0.15) is 16.7 Å². The van der Waals surface area contributed by atoms with Crippen molar-refractivity contribution in [2.45, 2.75) is 30.9 Å². The Morgan fingerprint density at radius 3 is 2.60 bits per heavy atom. The fourth-order valence-electron chi connectivity index (χ4n) is 2.29. The number of aromatic nitrogens is 2. The summed E-state index contributed by atoms with van der Waals surface area (Å²) in [6.45, 7) is 2.31. The standard InChI is InChI=1S/C12H19N5O2S/c1-8-9(17(18)19)10(16-11(13-2)15-8)14-7-12(20-3)5-4-6-12/h4-7H2,1-3H3,(H2,13,14,15,16). The van der Waals surface area contributed by atoms with E-state index in [4.69, 9.17) is 0 Å². The molecule has 0 radical (unpaired) electrons. The monoisotopic (exact) mass is 297 g/mol. The molecule has 0 aromatic carbocycles. The maximum Gasteiger partial charge on any atom is 0.332 e. The van der Waals surface area contributed by atoms with E-state index in [9.17, 15) is 10.1 Å². The third kappa shape index (κ3) is 2.79. The SMILES string of the molecule is CNc1nc(C)c([N+](=O)[O-])c(NCC2(SC)CCC2)n1. The van der Waals surface area contributed by atoms with Crippen LogP contribution in [0.4, 0.5) is 17.5 Å². The van der Waals surface area contributed by atoms with Crippen LogP contribution in [0.3, 0.4) is 0 Å². The van der Waals surface area contributed by atoms with Crippen LogP contribution in [0, 0.1) is 17.0 Å². The highest BCUT2D eigenvalue weighted by Gasteiger charge is 2.36. The Labute approximate surface area is 122 Å². The minimum atomic E-state index is -0.427. The van der Waals surface area contributed by atoms with Crippen molar-refractivity contribution >= 4 is 29.2 Å². The van der Waals surface area contributed by atoms with Gasteiger partial charge in [0, 0.05) is 18.3 Å². The summed E-state index contributed by atoms with van der Waals surface area (Å²) in [5.74, 6) is 0.689. The highest BCUT2D eigenvalue weighted by molar-refractivity contribution is 8.00. The predicted octanol–water partition coefficient (Wildman–Crippen LogP) is 2.43. The smallest absolute Gasteiger partial charge is 0.332 e. The number of rotatable bonds is 6. The van der Waals surface area contributed by atoms with E-state index in [-0.39, 0.29) is 10.4 Å². The molecule has 7 nitrogen and oxygen atoms in total. The second-order valence-electron chi connectivity index (χ2n) is 4.93. The van der Waals surface area contributed by atoms with Gasteiger partial charge in [-0.1, -0.05) is 6.42 Å². The van der Waals surface area contributed by atoms with Gasteiger partial charge in [0.2, 0.25) is 11.8 Å². The van der Waals surface area contributed by atoms with E-state index < -0.39 is 4.92 Å². The van der Waals surface area contributed by atoms with Crippen molar-refractivity contribution in [3.63, 3.8) is 0 Å². The lowest BCUT2D eigenvalue weighted by Crippen LogP contribution is -2.40. The van der Waals surface area contributed by atoms with E-state index in [2.05, 4.69) is 26.9 Å². The lowest BCUT2D eigenvalue weighted by Gasteiger charge is -2.40. The number of anilines is 2. The Balaban J connectivity index is 2.24. The van der Waals surface area contributed by atoms with Gasteiger partial charge in [-0.25, -0.2) is 4.98 Å². The molecule has 8 heteroatoms. The average Bonchev–Trinajstić information content (AvgIpc) is 2.36. The molecule has 1 heterocycles. The number of hydrogen-bond donors (Lipinski definition) is 2. The van der Waals surface area contributed by atoms with Crippen molar-refractivity contribution in [1.82, 2.24) is 9.97 Å². The summed E-state index contributed by atoms with van der Waals surface area (Å²) in [6, 6.07) is 0. The lowest BCUT2D eigenvalue weighted by atomic mass is 9.84. The fourth-order valence-corrected chi connectivity index (χ4v) is 3.20. The Morgan fingerprint density at radius 2 is 2.15 bits per heavy atom. The van der Waals surface area contributed by atoms with Crippen molar-refractivity contribution in [3.05, 3.63) is 15.8 Å². The summed E-state index contributed by atoms with van der Waals surface area (Å²) >= 11 is 1.82. The number of thioether (sulfide) groups is 1. The van der Waals surface area contributed by atoms with Gasteiger partial charge in [0.25, 0.3) is 0 Å². The first-order valence-electron chi connectivity index (χ1n) is 6.51. The van der Waals surface area contributed by atoms with Crippen LogP contribution in [0.5, 0.6) is 0 Å². The second-order valence-corrected chi connectivity index (χ2v) is 6.21. The van der Waals surface area contributed by atoms with Gasteiger partial charge in [0.05, 0.1) is 4.92 Å². The molecule has 0 spiro atoms. The van der Waals surface area contributed by atoms with Gasteiger partial charge in [-0.15, -0.1) is 0 Å². The van der Waals surface area contributed by atoms with Crippen molar-refractivity contribution in [2.24, 2.45) is 0 Å². The lowest BCUT2D eigenvalue weighted by molar-refractivity contribution is -0.385. The number of aryl methyl sites for hydroxylation is 1. The molecule has 1 aliphatic rings. The third-order valence-electron chi connectivity index (χ3n) is 3.74. The summed E-state index contributed by atoms with van der Waals surface area (Å²) in [5, 5.41) is 17.2. The number of nitro groups is 1. The number of nitrogens with one attached hydrogen (secondary N) is 2. The molecule has 20 heavy (non-hydrogen) atoms. The van der Waals surface area contributed by atoms with Crippen molar-refractivity contribution in [1.29, 1.82) is 0 Å². The van der Waals surface area contributed by atoms with Gasteiger partial charge in [-0.3, -0.25) is 10.1 Å². The van der Waals surface area contributed by atoms with E-state index in [0.717, 1.165) is 12.8 Å². The first-order chi connectivity index (χ1) is 9.51. The average molecular weight is 297 g/mol. The van der Waals surface area contributed by atoms with Crippen LogP contribution in [0.1, 0.15) is 25.0 Å². The summed E-state index contributed by atoms with van der Waals surface area (Å²) < 4.78 is 0.187. The summed E-state index contributed by atoms with van der Waals surface area (Å²) in [6.07, 6.45) is 5.57. The minimum Gasteiger partial charge on any atom is -0.363 e. The first-order valence-corrected chi connectivity index (χ1v) is 7.73. The molecular weight excluding hydrogens is 278 g/mol. The molecule has 2 rings (SSSR count). The quantitative estimate of drug-likeness (QED) is 0.615. The topological polar surface area (TPSA) is 93.0 Å². The summed E-state index contributed by atoms with van der Waals surface area (Å²) in [7, 11) is 1.69. The molecule has 0 aliphatic heterocycles. The molecule has 1 fully saturated rings. The maximum absolute atomic E-state index is 11.2. The van der Waals surface area contributed by atoms with Crippen molar-refractivity contribution in [2.75, 3.05) is 30.5 Å². The molecule has 1 aromatic heterocycles. The molecule has 0 amide bonds. The van der Waals surface area contributed by atoms with E-state index in [1.54, 1.807) is 14.0 Å². The summed E-state index contributed by atoms with van der Waals surface area (Å²) in [5.41, 5.74) is 0.322. The Hall–Kier alpha value is -1.57. The molecule has 0 bridgehead atoms. The van der Waals surface area contributed by atoms with Gasteiger partial charge in [0.1, 0.15) is 5.69 Å². The molecule has 1 aromatic rings. The zero-order valence-electron chi connectivity index (χ0n) is 11.9. The van der Waals surface area contributed by atoms with Gasteiger partial charge in [0.15, 0.2) is 0 Å². The van der Waals surface area contributed by atoms with Crippen LogP contribution in [0.25, 0.3) is 0 Å². The summed E-state index contributed by atoms with van der Waals surface area (Å²) in [4.78, 5) is 19.0. The van der Waals surface area contributed by atoms with E-state index >= 15 is 0 Å². The Kier molecular flexibility index (Phi) is 4.32. The second kappa shape index (κ2) is 5.82. The van der Waals surface area contributed by atoms with Crippen LogP contribution in [0.2, 0.25) is 0 Å². The van der Waals surface area contributed by atoms with Gasteiger partial charge in [-0.05, 0) is 26.0 Å². The van der Waals surface area contributed by atoms with Crippen LogP contribution in [-0.2, 0) is 0 Å². The van der Waals surface area contributed by atoms with E-state index in [1.165, 1.54) is 6.42 Å². The normalized spacial score (nSPS) is 16.4. The zero-order chi connectivity index (χ0) is 14.8. The highest BCUT2D eigenvalue weighted by Crippen LogP contribution is 2.43. The largest absolute Gasteiger partial charge is 0.363 e. The van der Waals surface area contributed by atoms with E-state index in [0.29, 0.717) is 24.0 Å².